The van der Waals surface area contributed by atoms with E-state index in [2.05, 4.69) is 47.6 Å². The summed E-state index contributed by atoms with van der Waals surface area (Å²) in [5.74, 6) is 0.0502. The van der Waals surface area contributed by atoms with Gasteiger partial charge in [-0.15, -0.1) is 0 Å². The van der Waals surface area contributed by atoms with Crippen LogP contribution in [0.3, 0.4) is 0 Å². The SMILES string of the molecule is Cc1ccc(C)c(NC(=O)CN(C)C2CCCc3ccccc32)c1. The molecule has 1 unspecified atom stereocenters. The molecule has 2 aromatic rings. The molecule has 3 nitrogen and oxygen atoms in total. The Morgan fingerprint density at radius 1 is 1.21 bits per heavy atom. The van der Waals surface area contributed by atoms with Crippen molar-refractivity contribution in [2.75, 3.05) is 18.9 Å². The predicted molar refractivity (Wildman–Crippen MR) is 99.3 cm³/mol. The zero-order chi connectivity index (χ0) is 17.1. The van der Waals surface area contributed by atoms with E-state index in [4.69, 9.17) is 0 Å². The Bertz CT molecular complexity index is 738. The fourth-order valence-electron chi connectivity index (χ4n) is 3.58. The number of nitrogens with one attached hydrogen (secondary N) is 1. The summed E-state index contributed by atoms with van der Waals surface area (Å²) in [4.78, 5) is 14.7. The second-order valence-corrected chi connectivity index (χ2v) is 6.89. The smallest absolute Gasteiger partial charge is 0.238 e. The number of likely N-dealkylation sites (N-methyl/N-ethyl adjacent to an activating group) is 1. The van der Waals surface area contributed by atoms with E-state index in [1.165, 1.54) is 17.5 Å². The second kappa shape index (κ2) is 7.18. The Morgan fingerprint density at radius 2 is 2.00 bits per heavy atom. The highest BCUT2D eigenvalue weighted by atomic mass is 16.2. The molecule has 0 aromatic heterocycles. The van der Waals surface area contributed by atoms with Crippen LogP contribution in [0.4, 0.5) is 5.69 Å². The topological polar surface area (TPSA) is 32.3 Å². The number of benzene rings is 2. The normalized spacial score (nSPS) is 16.8. The fourth-order valence-corrected chi connectivity index (χ4v) is 3.58. The van der Waals surface area contributed by atoms with Gasteiger partial charge in [0.25, 0.3) is 0 Å². The van der Waals surface area contributed by atoms with E-state index in [9.17, 15) is 4.79 Å². The van der Waals surface area contributed by atoms with Crippen molar-refractivity contribution >= 4 is 11.6 Å². The molecule has 3 heteroatoms. The van der Waals surface area contributed by atoms with Crippen LogP contribution in [0.5, 0.6) is 0 Å². The molecule has 0 fully saturated rings. The van der Waals surface area contributed by atoms with E-state index in [0.717, 1.165) is 29.7 Å². The van der Waals surface area contributed by atoms with Gasteiger partial charge >= 0.3 is 0 Å². The van der Waals surface area contributed by atoms with Crippen LogP contribution in [0.15, 0.2) is 42.5 Å². The van der Waals surface area contributed by atoms with Crippen molar-refractivity contribution in [2.24, 2.45) is 0 Å². The van der Waals surface area contributed by atoms with Gasteiger partial charge in [-0.2, -0.15) is 0 Å². The van der Waals surface area contributed by atoms with E-state index < -0.39 is 0 Å². The van der Waals surface area contributed by atoms with Crippen molar-refractivity contribution in [2.45, 2.75) is 39.2 Å². The predicted octanol–water partition coefficient (Wildman–Crippen LogP) is 4.25. The van der Waals surface area contributed by atoms with Crippen molar-refractivity contribution in [3.05, 3.63) is 64.7 Å². The van der Waals surface area contributed by atoms with Gasteiger partial charge in [-0.1, -0.05) is 36.4 Å². The molecule has 0 radical (unpaired) electrons. The first-order valence-electron chi connectivity index (χ1n) is 8.70. The number of nitrogens with zero attached hydrogens (tertiary/aromatic N) is 1. The molecule has 126 valence electrons. The van der Waals surface area contributed by atoms with Gasteiger partial charge in [0.05, 0.1) is 6.54 Å². The van der Waals surface area contributed by atoms with Crippen LogP contribution in [-0.4, -0.2) is 24.4 Å². The Morgan fingerprint density at radius 3 is 2.83 bits per heavy atom. The minimum atomic E-state index is 0.0502. The maximum absolute atomic E-state index is 12.5. The Balaban J connectivity index is 1.68. The molecular weight excluding hydrogens is 296 g/mol. The molecule has 0 heterocycles. The molecule has 24 heavy (non-hydrogen) atoms. The third-order valence-electron chi connectivity index (χ3n) is 4.93. The molecule has 2 aromatic carbocycles. The number of fused-ring (bicyclic) bond motifs is 1. The number of hydrogen-bond donors (Lipinski definition) is 1. The highest BCUT2D eigenvalue weighted by Gasteiger charge is 2.24. The van der Waals surface area contributed by atoms with Crippen LogP contribution >= 0.6 is 0 Å². The first kappa shape index (κ1) is 16.7. The number of hydrogen-bond acceptors (Lipinski definition) is 2. The van der Waals surface area contributed by atoms with Gasteiger partial charge in [-0.3, -0.25) is 9.69 Å². The quantitative estimate of drug-likeness (QED) is 0.912. The van der Waals surface area contributed by atoms with E-state index >= 15 is 0 Å². The summed E-state index contributed by atoms with van der Waals surface area (Å²) in [5, 5.41) is 3.06. The summed E-state index contributed by atoms with van der Waals surface area (Å²) >= 11 is 0. The number of amides is 1. The van der Waals surface area contributed by atoms with Crippen molar-refractivity contribution in [1.29, 1.82) is 0 Å². The van der Waals surface area contributed by atoms with Gasteiger partial charge in [0.1, 0.15) is 0 Å². The molecule has 1 amide bonds. The summed E-state index contributed by atoms with van der Waals surface area (Å²) in [5.41, 5.74) is 5.98. The lowest BCUT2D eigenvalue weighted by atomic mass is 9.87. The minimum Gasteiger partial charge on any atom is -0.325 e. The van der Waals surface area contributed by atoms with E-state index in [0.29, 0.717) is 12.6 Å². The van der Waals surface area contributed by atoms with Gasteiger partial charge in [0, 0.05) is 11.7 Å². The number of anilines is 1. The maximum atomic E-state index is 12.5. The van der Waals surface area contributed by atoms with Crippen LogP contribution < -0.4 is 5.32 Å². The zero-order valence-corrected chi connectivity index (χ0v) is 14.8. The lowest BCUT2D eigenvalue weighted by Gasteiger charge is -2.33. The first-order chi connectivity index (χ1) is 11.5. The van der Waals surface area contributed by atoms with Crippen LogP contribution in [0, 0.1) is 13.8 Å². The summed E-state index contributed by atoms with van der Waals surface area (Å²) in [7, 11) is 2.05. The van der Waals surface area contributed by atoms with Crippen molar-refractivity contribution in [3.8, 4) is 0 Å². The molecule has 1 aliphatic carbocycles. The highest BCUT2D eigenvalue weighted by Crippen LogP contribution is 2.33. The fraction of sp³-hybridized carbons (Fsp3) is 0.381. The molecule has 1 aliphatic rings. The first-order valence-corrected chi connectivity index (χ1v) is 8.70. The van der Waals surface area contributed by atoms with Crippen LogP contribution in [0.1, 0.15) is 41.1 Å². The lowest BCUT2D eigenvalue weighted by molar-refractivity contribution is -0.117. The van der Waals surface area contributed by atoms with Gasteiger partial charge in [-0.25, -0.2) is 0 Å². The van der Waals surface area contributed by atoms with Gasteiger partial charge in [-0.05, 0) is 68.5 Å². The van der Waals surface area contributed by atoms with Gasteiger partial charge < -0.3 is 5.32 Å². The van der Waals surface area contributed by atoms with Crippen LogP contribution in [0.2, 0.25) is 0 Å². The summed E-state index contributed by atoms with van der Waals surface area (Å²) in [6.45, 7) is 4.47. The molecule has 0 spiro atoms. The standard InChI is InChI=1S/C21H26N2O/c1-15-11-12-16(2)19(13-15)22-21(24)14-23(3)20-10-6-8-17-7-4-5-9-18(17)20/h4-5,7,9,11-13,20H,6,8,10,14H2,1-3H3,(H,22,24). The minimum absolute atomic E-state index is 0.0502. The van der Waals surface area contributed by atoms with Crippen molar-refractivity contribution < 1.29 is 4.79 Å². The van der Waals surface area contributed by atoms with E-state index in [1.807, 2.05) is 26.0 Å². The van der Waals surface area contributed by atoms with Crippen LogP contribution in [0.25, 0.3) is 0 Å². The van der Waals surface area contributed by atoms with Crippen molar-refractivity contribution in [3.63, 3.8) is 0 Å². The van der Waals surface area contributed by atoms with Crippen molar-refractivity contribution in [1.82, 2.24) is 4.90 Å². The molecule has 1 atom stereocenters. The summed E-state index contributed by atoms with van der Waals surface area (Å²) in [6.07, 6.45) is 3.45. The lowest BCUT2D eigenvalue weighted by Crippen LogP contribution is -2.35. The van der Waals surface area contributed by atoms with E-state index in [1.54, 1.807) is 0 Å². The number of carbonyl (C=O) groups excluding carboxylic acids is 1. The monoisotopic (exact) mass is 322 g/mol. The van der Waals surface area contributed by atoms with Crippen LogP contribution in [-0.2, 0) is 11.2 Å². The Labute approximate surface area is 144 Å². The summed E-state index contributed by atoms with van der Waals surface area (Å²) < 4.78 is 0. The Kier molecular flexibility index (Phi) is 5.00. The van der Waals surface area contributed by atoms with Gasteiger partial charge in [0.15, 0.2) is 0 Å². The number of aryl methyl sites for hydroxylation is 3. The molecule has 0 aliphatic heterocycles. The second-order valence-electron chi connectivity index (χ2n) is 6.89. The maximum Gasteiger partial charge on any atom is 0.238 e. The average molecular weight is 322 g/mol. The zero-order valence-electron chi connectivity index (χ0n) is 14.8. The molecule has 0 bridgehead atoms. The van der Waals surface area contributed by atoms with Gasteiger partial charge in [0.2, 0.25) is 5.91 Å². The number of carbonyl (C=O) groups is 1. The summed E-state index contributed by atoms with van der Waals surface area (Å²) in [6, 6.07) is 15.1. The average Bonchev–Trinajstić information content (AvgIpc) is 2.57. The highest BCUT2D eigenvalue weighted by molar-refractivity contribution is 5.93. The van der Waals surface area contributed by atoms with E-state index in [-0.39, 0.29) is 5.91 Å². The molecule has 3 rings (SSSR count). The Hall–Kier alpha value is -2.13. The largest absolute Gasteiger partial charge is 0.325 e. The molecule has 0 saturated carbocycles. The third-order valence-corrected chi connectivity index (χ3v) is 4.93. The molecule has 1 N–H and O–H groups in total. The molecule has 0 saturated heterocycles. The third kappa shape index (κ3) is 3.68. The molecular formula is C21H26N2O. The number of rotatable bonds is 4.